The van der Waals surface area contributed by atoms with Crippen molar-refractivity contribution in [1.29, 1.82) is 0 Å². The van der Waals surface area contributed by atoms with Gasteiger partial charge in [0.1, 0.15) is 5.75 Å². The summed E-state index contributed by atoms with van der Waals surface area (Å²) in [6, 6.07) is 8.69. The molecule has 2 rings (SSSR count). The maximum absolute atomic E-state index is 12.1. The number of rotatable bonds is 7. The van der Waals surface area contributed by atoms with Crippen molar-refractivity contribution in [2.75, 3.05) is 33.2 Å². The number of hydrogen-bond donors (Lipinski definition) is 2. The Hall–Kier alpha value is -2.60. The van der Waals surface area contributed by atoms with Gasteiger partial charge in [0, 0.05) is 23.3 Å². The van der Waals surface area contributed by atoms with Gasteiger partial charge >= 0.3 is 6.03 Å². The third-order valence-corrected chi connectivity index (χ3v) is 4.39. The Kier molecular flexibility index (Phi) is 6.97. The maximum atomic E-state index is 12.1. The van der Waals surface area contributed by atoms with Gasteiger partial charge in [-0.3, -0.25) is 0 Å². The number of anilines is 1. The van der Waals surface area contributed by atoms with Crippen LogP contribution in [0, 0.1) is 6.92 Å². The van der Waals surface area contributed by atoms with Crippen LogP contribution in [0.15, 0.2) is 30.3 Å². The minimum absolute atomic E-state index is 0.296. The van der Waals surface area contributed by atoms with Crippen LogP contribution < -0.4 is 24.8 Å². The number of ether oxygens (including phenoxy) is 3. The number of hydrogen-bond acceptors (Lipinski definition) is 4. The van der Waals surface area contributed by atoms with Gasteiger partial charge < -0.3 is 24.8 Å². The Morgan fingerprint density at radius 1 is 1.04 bits per heavy atom. The summed E-state index contributed by atoms with van der Waals surface area (Å²) < 4.78 is 16.0. The van der Waals surface area contributed by atoms with Gasteiger partial charge in [0.05, 0.1) is 21.3 Å². The smallest absolute Gasteiger partial charge is 0.319 e. The number of halogens is 1. The quantitative estimate of drug-likeness (QED) is 0.763. The molecular formula is C19H23ClN2O4. The summed E-state index contributed by atoms with van der Waals surface area (Å²) in [5, 5.41) is 6.23. The first-order valence-electron chi connectivity index (χ1n) is 8.09. The molecule has 0 radical (unpaired) electrons. The largest absolute Gasteiger partial charge is 0.496 e. The molecule has 0 bridgehead atoms. The van der Waals surface area contributed by atoms with Gasteiger partial charge in [-0.15, -0.1) is 0 Å². The molecule has 0 saturated carbocycles. The molecule has 0 atom stereocenters. The molecule has 2 N–H and O–H groups in total. The van der Waals surface area contributed by atoms with Crippen LogP contribution in [0.25, 0.3) is 0 Å². The third kappa shape index (κ3) is 4.73. The second-order valence-electron chi connectivity index (χ2n) is 5.56. The molecule has 0 heterocycles. The topological polar surface area (TPSA) is 68.8 Å². The highest BCUT2D eigenvalue weighted by Gasteiger charge is 2.12. The monoisotopic (exact) mass is 378 g/mol. The van der Waals surface area contributed by atoms with E-state index < -0.39 is 0 Å². The number of benzene rings is 2. The van der Waals surface area contributed by atoms with E-state index in [4.69, 9.17) is 25.8 Å². The lowest BCUT2D eigenvalue weighted by Crippen LogP contribution is -2.30. The van der Waals surface area contributed by atoms with Crippen LogP contribution in [0.1, 0.15) is 11.1 Å². The number of methoxy groups -OCH3 is 3. The number of carbonyl (C=O) groups excluding carboxylic acids is 1. The fourth-order valence-corrected chi connectivity index (χ4v) is 2.68. The first kappa shape index (κ1) is 19.7. The van der Waals surface area contributed by atoms with Crippen LogP contribution in [-0.2, 0) is 6.42 Å². The Morgan fingerprint density at radius 2 is 1.69 bits per heavy atom. The molecule has 0 spiro atoms. The number of nitrogens with one attached hydrogen (secondary N) is 2. The molecule has 0 aliphatic heterocycles. The molecule has 0 saturated heterocycles. The van der Waals surface area contributed by atoms with Gasteiger partial charge in [-0.05, 0) is 42.7 Å². The summed E-state index contributed by atoms with van der Waals surface area (Å²) >= 11 is 6.06. The van der Waals surface area contributed by atoms with E-state index >= 15 is 0 Å². The summed E-state index contributed by atoms with van der Waals surface area (Å²) in [6.07, 6.45) is 0.575. The molecule has 26 heavy (non-hydrogen) atoms. The molecule has 7 heteroatoms. The van der Waals surface area contributed by atoms with Gasteiger partial charge in [-0.25, -0.2) is 4.79 Å². The van der Waals surface area contributed by atoms with Crippen LogP contribution in [0.3, 0.4) is 0 Å². The van der Waals surface area contributed by atoms with Crippen LogP contribution in [-0.4, -0.2) is 33.9 Å². The fourth-order valence-electron chi connectivity index (χ4n) is 2.51. The van der Waals surface area contributed by atoms with E-state index in [0.29, 0.717) is 40.9 Å². The van der Waals surface area contributed by atoms with Crippen molar-refractivity contribution >= 4 is 23.3 Å². The molecular weight excluding hydrogens is 356 g/mol. The summed E-state index contributed by atoms with van der Waals surface area (Å²) in [5.74, 6) is 1.88. The van der Waals surface area contributed by atoms with E-state index in [2.05, 4.69) is 10.6 Å². The molecule has 6 nitrogen and oxygen atoms in total. The summed E-state index contributed by atoms with van der Waals surface area (Å²) in [5.41, 5.74) is 2.41. The number of urea groups is 1. The third-order valence-electron chi connectivity index (χ3n) is 3.98. The van der Waals surface area contributed by atoms with Crippen LogP contribution in [0.5, 0.6) is 17.2 Å². The highest BCUT2D eigenvalue weighted by atomic mass is 35.5. The average molecular weight is 379 g/mol. The standard InChI is InChI=1S/C19H23ClN2O4/c1-12-14(20)6-5-7-15(12)22-19(23)21-9-8-13-10-17(25-3)18(26-4)11-16(13)24-2/h5-7,10-11H,8-9H2,1-4H3,(H2,21,22,23). The van der Waals surface area contributed by atoms with Gasteiger partial charge in [0.2, 0.25) is 0 Å². The van der Waals surface area contributed by atoms with Gasteiger partial charge in [-0.2, -0.15) is 0 Å². The van der Waals surface area contributed by atoms with Gasteiger partial charge in [-0.1, -0.05) is 17.7 Å². The minimum Gasteiger partial charge on any atom is -0.496 e. The van der Waals surface area contributed by atoms with Crippen LogP contribution in [0.4, 0.5) is 10.5 Å². The van der Waals surface area contributed by atoms with Crippen molar-refractivity contribution in [2.45, 2.75) is 13.3 Å². The van der Waals surface area contributed by atoms with Crippen molar-refractivity contribution in [3.63, 3.8) is 0 Å². The van der Waals surface area contributed by atoms with Gasteiger partial charge in [0.25, 0.3) is 0 Å². The van der Waals surface area contributed by atoms with Gasteiger partial charge in [0.15, 0.2) is 11.5 Å². The second kappa shape index (κ2) is 9.20. The average Bonchev–Trinajstić information content (AvgIpc) is 2.64. The van der Waals surface area contributed by atoms with Crippen molar-refractivity contribution in [3.8, 4) is 17.2 Å². The maximum Gasteiger partial charge on any atom is 0.319 e. The zero-order valence-electron chi connectivity index (χ0n) is 15.3. The Morgan fingerprint density at radius 3 is 2.35 bits per heavy atom. The van der Waals surface area contributed by atoms with Crippen LogP contribution >= 0.6 is 11.6 Å². The lowest BCUT2D eigenvalue weighted by Gasteiger charge is -2.15. The highest BCUT2D eigenvalue weighted by molar-refractivity contribution is 6.31. The predicted molar refractivity (Wildman–Crippen MR) is 103 cm³/mol. The molecule has 140 valence electrons. The molecule has 2 aromatic rings. The van der Waals surface area contributed by atoms with E-state index in [1.165, 1.54) is 0 Å². The summed E-state index contributed by atoms with van der Waals surface area (Å²) in [6.45, 7) is 2.28. The van der Waals surface area contributed by atoms with Crippen molar-refractivity contribution in [1.82, 2.24) is 5.32 Å². The predicted octanol–water partition coefficient (Wildman–Crippen LogP) is 4.04. The van der Waals surface area contributed by atoms with Crippen molar-refractivity contribution in [3.05, 3.63) is 46.5 Å². The second-order valence-corrected chi connectivity index (χ2v) is 5.97. The SMILES string of the molecule is COc1cc(OC)c(OC)cc1CCNC(=O)Nc1cccc(Cl)c1C. The first-order chi connectivity index (χ1) is 12.5. The van der Waals surface area contributed by atoms with E-state index in [-0.39, 0.29) is 6.03 Å². The molecule has 0 fully saturated rings. The highest BCUT2D eigenvalue weighted by Crippen LogP contribution is 2.34. The Labute approximate surface area is 158 Å². The van der Waals surface area contributed by atoms with Crippen LogP contribution in [0.2, 0.25) is 5.02 Å². The normalized spacial score (nSPS) is 10.2. The van der Waals surface area contributed by atoms with E-state index in [1.807, 2.05) is 13.0 Å². The Bertz CT molecular complexity index is 780. The Balaban J connectivity index is 1.98. The fraction of sp³-hybridized carbons (Fsp3) is 0.316. The first-order valence-corrected chi connectivity index (χ1v) is 8.46. The van der Waals surface area contributed by atoms with E-state index in [0.717, 1.165) is 11.1 Å². The zero-order valence-corrected chi connectivity index (χ0v) is 16.1. The summed E-state index contributed by atoms with van der Waals surface area (Å²) in [4.78, 5) is 12.1. The van der Waals surface area contributed by atoms with E-state index in [1.54, 1.807) is 45.6 Å². The number of carbonyl (C=O) groups is 1. The molecule has 0 aromatic heterocycles. The number of amides is 2. The van der Waals surface area contributed by atoms with E-state index in [9.17, 15) is 4.79 Å². The lowest BCUT2D eigenvalue weighted by molar-refractivity contribution is 0.252. The molecule has 2 aromatic carbocycles. The summed E-state index contributed by atoms with van der Waals surface area (Å²) in [7, 11) is 4.74. The molecule has 2 amide bonds. The van der Waals surface area contributed by atoms with Crippen molar-refractivity contribution < 1.29 is 19.0 Å². The molecule has 0 aliphatic carbocycles. The minimum atomic E-state index is -0.296. The molecule has 0 unspecified atom stereocenters. The van der Waals surface area contributed by atoms with Crippen molar-refractivity contribution in [2.24, 2.45) is 0 Å². The zero-order chi connectivity index (χ0) is 19.1. The molecule has 0 aliphatic rings. The lowest BCUT2D eigenvalue weighted by atomic mass is 10.1.